The van der Waals surface area contributed by atoms with Crippen LogP contribution in [0.4, 0.5) is 5.69 Å². The first-order valence-corrected chi connectivity index (χ1v) is 6.22. The molecular weight excluding hydrogens is 270 g/mol. The summed E-state index contributed by atoms with van der Waals surface area (Å²) in [5.74, 6) is -1.08. The van der Waals surface area contributed by atoms with Gasteiger partial charge in [-0.15, -0.1) is 0 Å². The number of rotatable bonds is 5. The molecule has 0 atom stereocenters. The molecule has 108 valence electrons. The molecule has 2 amide bonds. The molecule has 2 aromatic rings. The molecule has 2 rings (SSSR count). The highest BCUT2D eigenvalue weighted by atomic mass is 16.3. The third-order valence-electron chi connectivity index (χ3n) is 2.94. The number of nitrogens with two attached hydrogens (primary N) is 2. The van der Waals surface area contributed by atoms with Gasteiger partial charge < -0.3 is 21.9 Å². The molecule has 6 heteroatoms. The van der Waals surface area contributed by atoms with Crippen LogP contribution in [0.25, 0.3) is 0 Å². The van der Waals surface area contributed by atoms with E-state index in [9.17, 15) is 14.7 Å². The lowest BCUT2D eigenvalue weighted by atomic mass is 10.1. The third kappa shape index (κ3) is 3.73. The van der Waals surface area contributed by atoms with Crippen LogP contribution in [0.15, 0.2) is 42.5 Å². The van der Waals surface area contributed by atoms with Crippen LogP contribution in [0.3, 0.4) is 0 Å². The molecule has 2 aromatic carbocycles. The Labute approximate surface area is 121 Å². The van der Waals surface area contributed by atoms with Gasteiger partial charge in [-0.25, -0.2) is 0 Å². The van der Waals surface area contributed by atoms with Crippen LogP contribution in [-0.4, -0.2) is 16.9 Å². The van der Waals surface area contributed by atoms with Crippen LogP contribution < -0.4 is 16.8 Å². The molecule has 0 bridgehead atoms. The van der Waals surface area contributed by atoms with E-state index in [0.29, 0.717) is 12.2 Å². The average Bonchev–Trinajstić information content (AvgIpc) is 2.46. The average molecular weight is 285 g/mol. The Bertz CT molecular complexity index is 649. The third-order valence-corrected chi connectivity index (χ3v) is 2.94. The number of amides is 2. The number of benzene rings is 2. The number of primary amides is 2. The molecule has 21 heavy (non-hydrogen) atoms. The number of phenolic OH excluding ortho intramolecular Hbond substituents is 1. The Morgan fingerprint density at radius 2 is 1.48 bits per heavy atom. The Balaban J connectivity index is 2.20. The maximum absolute atomic E-state index is 11.3. The lowest BCUT2D eigenvalue weighted by molar-refractivity contribution is 0.0999. The van der Waals surface area contributed by atoms with E-state index in [0.717, 1.165) is 5.56 Å². The van der Waals surface area contributed by atoms with E-state index in [1.807, 2.05) is 0 Å². The molecule has 0 aliphatic carbocycles. The Kier molecular flexibility index (Phi) is 4.08. The minimum Gasteiger partial charge on any atom is -0.508 e. The van der Waals surface area contributed by atoms with E-state index in [-0.39, 0.29) is 16.9 Å². The van der Waals surface area contributed by atoms with Crippen molar-refractivity contribution in [3.8, 4) is 5.75 Å². The summed E-state index contributed by atoms with van der Waals surface area (Å²) in [5.41, 5.74) is 12.4. The summed E-state index contributed by atoms with van der Waals surface area (Å²) in [5, 5.41) is 12.3. The van der Waals surface area contributed by atoms with Gasteiger partial charge >= 0.3 is 0 Å². The van der Waals surface area contributed by atoms with Gasteiger partial charge in [-0.1, -0.05) is 12.1 Å². The highest BCUT2D eigenvalue weighted by Gasteiger charge is 2.09. The second kappa shape index (κ2) is 5.96. The van der Waals surface area contributed by atoms with Crippen molar-refractivity contribution in [2.24, 2.45) is 11.5 Å². The molecule has 6 N–H and O–H groups in total. The fraction of sp³-hybridized carbons (Fsp3) is 0.0667. The van der Waals surface area contributed by atoms with E-state index in [1.54, 1.807) is 36.4 Å². The van der Waals surface area contributed by atoms with E-state index in [2.05, 4.69) is 5.32 Å². The minimum absolute atomic E-state index is 0.186. The molecule has 0 aromatic heterocycles. The molecule has 0 heterocycles. The molecule has 0 saturated heterocycles. The zero-order valence-corrected chi connectivity index (χ0v) is 11.2. The van der Waals surface area contributed by atoms with Crippen LogP contribution >= 0.6 is 0 Å². The first-order chi connectivity index (χ1) is 9.95. The molecule has 0 unspecified atom stereocenters. The molecule has 0 fully saturated rings. The second-order valence-electron chi connectivity index (χ2n) is 4.55. The monoisotopic (exact) mass is 285 g/mol. The zero-order valence-electron chi connectivity index (χ0n) is 11.2. The quantitative estimate of drug-likeness (QED) is 0.660. The first-order valence-electron chi connectivity index (χ1n) is 6.22. The smallest absolute Gasteiger partial charge is 0.248 e. The Morgan fingerprint density at radius 1 is 0.952 bits per heavy atom. The maximum atomic E-state index is 11.3. The number of carbonyl (C=O) groups is 2. The standard InChI is InChI=1S/C15H15N3O3/c16-14(20)10-5-11(15(17)21)7-12(6-10)18-8-9-1-3-13(19)4-2-9/h1-7,18-19H,8H2,(H2,16,20)(H2,17,21). The van der Waals surface area contributed by atoms with Gasteiger partial charge in [0.1, 0.15) is 5.75 Å². The van der Waals surface area contributed by atoms with Crippen molar-refractivity contribution in [1.82, 2.24) is 0 Å². The predicted molar refractivity (Wildman–Crippen MR) is 78.9 cm³/mol. The van der Waals surface area contributed by atoms with Crippen molar-refractivity contribution in [2.45, 2.75) is 6.54 Å². The van der Waals surface area contributed by atoms with Crippen LogP contribution in [0.5, 0.6) is 5.75 Å². The van der Waals surface area contributed by atoms with Gasteiger partial charge in [0.2, 0.25) is 11.8 Å². The van der Waals surface area contributed by atoms with Gasteiger partial charge in [-0.2, -0.15) is 0 Å². The fourth-order valence-electron chi connectivity index (χ4n) is 1.83. The lowest BCUT2D eigenvalue weighted by Crippen LogP contribution is -2.16. The lowest BCUT2D eigenvalue weighted by Gasteiger charge is -2.09. The highest BCUT2D eigenvalue weighted by Crippen LogP contribution is 2.17. The highest BCUT2D eigenvalue weighted by molar-refractivity contribution is 5.99. The summed E-state index contributed by atoms with van der Waals surface area (Å²) in [6.07, 6.45) is 0. The normalized spacial score (nSPS) is 10.1. The molecule has 0 aliphatic heterocycles. The van der Waals surface area contributed by atoms with E-state index >= 15 is 0 Å². The molecular formula is C15H15N3O3. The van der Waals surface area contributed by atoms with E-state index < -0.39 is 11.8 Å². The van der Waals surface area contributed by atoms with Crippen molar-refractivity contribution in [2.75, 3.05) is 5.32 Å². The van der Waals surface area contributed by atoms with Gasteiger partial charge in [0.25, 0.3) is 0 Å². The van der Waals surface area contributed by atoms with Crippen molar-refractivity contribution >= 4 is 17.5 Å². The maximum Gasteiger partial charge on any atom is 0.248 e. The predicted octanol–water partition coefficient (Wildman–Crippen LogP) is 1.20. The SMILES string of the molecule is NC(=O)c1cc(NCc2ccc(O)cc2)cc(C(N)=O)c1. The fourth-order valence-corrected chi connectivity index (χ4v) is 1.83. The first kappa shape index (κ1) is 14.4. The molecule has 0 saturated carbocycles. The van der Waals surface area contributed by atoms with Gasteiger partial charge in [0.05, 0.1) is 0 Å². The largest absolute Gasteiger partial charge is 0.508 e. The zero-order chi connectivity index (χ0) is 15.4. The number of nitrogens with one attached hydrogen (secondary N) is 1. The Hall–Kier alpha value is -3.02. The number of hydrogen-bond donors (Lipinski definition) is 4. The molecule has 6 nitrogen and oxygen atoms in total. The number of carbonyl (C=O) groups excluding carboxylic acids is 2. The van der Waals surface area contributed by atoms with Crippen molar-refractivity contribution < 1.29 is 14.7 Å². The minimum atomic E-state index is -0.634. The summed E-state index contributed by atoms with van der Waals surface area (Å²) in [7, 11) is 0. The number of hydrogen-bond acceptors (Lipinski definition) is 4. The van der Waals surface area contributed by atoms with Crippen LogP contribution in [-0.2, 0) is 6.54 Å². The summed E-state index contributed by atoms with van der Waals surface area (Å²) >= 11 is 0. The topological polar surface area (TPSA) is 118 Å². The summed E-state index contributed by atoms with van der Waals surface area (Å²) in [4.78, 5) is 22.5. The van der Waals surface area contributed by atoms with E-state index in [4.69, 9.17) is 11.5 Å². The number of phenols is 1. The van der Waals surface area contributed by atoms with Gasteiger partial charge in [-0.05, 0) is 35.9 Å². The van der Waals surface area contributed by atoms with Gasteiger partial charge in [0, 0.05) is 23.4 Å². The summed E-state index contributed by atoms with van der Waals surface area (Å²) < 4.78 is 0. The summed E-state index contributed by atoms with van der Waals surface area (Å²) in [6, 6.07) is 11.1. The molecule has 0 spiro atoms. The van der Waals surface area contributed by atoms with Crippen LogP contribution in [0, 0.1) is 0 Å². The van der Waals surface area contributed by atoms with Crippen molar-refractivity contribution in [3.05, 3.63) is 59.2 Å². The van der Waals surface area contributed by atoms with Crippen LogP contribution in [0.1, 0.15) is 26.3 Å². The van der Waals surface area contributed by atoms with E-state index in [1.165, 1.54) is 6.07 Å². The Morgan fingerprint density at radius 3 is 1.95 bits per heavy atom. The summed E-state index contributed by atoms with van der Waals surface area (Å²) in [6.45, 7) is 0.459. The second-order valence-corrected chi connectivity index (χ2v) is 4.55. The van der Waals surface area contributed by atoms with Crippen molar-refractivity contribution in [1.29, 1.82) is 0 Å². The number of anilines is 1. The van der Waals surface area contributed by atoms with Crippen molar-refractivity contribution in [3.63, 3.8) is 0 Å². The van der Waals surface area contributed by atoms with Crippen LogP contribution in [0.2, 0.25) is 0 Å². The van der Waals surface area contributed by atoms with Gasteiger partial charge in [-0.3, -0.25) is 9.59 Å². The molecule has 0 aliphatic rings. The molecule has 0 radical (unpaired) electrons. The van der Waals surface area contributed by atoms with Gasteiger partial charge in [0.15, 0.2) is 0 Å². The number of aromatic hydroxyl groups is 1.